The molecule has 2 N–H and O–H groups in total. The molecule has 4 rings (SSSR count). The summed E-state index contributed by atoms with van der Waals surface area (Å²) in [5, 5.41) is 15.9. The fraction of sp³-hybridized carbons (Fsp3) is 0.308. The molecule has 0 unspecified atom stereocenters. The second-order valence-corrected chi connectivity index (χ2v) is 9.71. The Labute approximate surface area is 229 Å². The predicted octanol–water partition coefficient (Wildman–Crippen LogP) is 2.41. The quantitative estimate of drug-likeness (QED) is 0.505. The monoisotopic (exact) mass is 557 g/mol. The number of carbonyl (C=O) groups is 4. The summed E-state index contributed by atoms with van der Waals surface area (Å²) >= 11 is 12.3. The van der Waals surface area contributed by atoms with Crippen molar-refractivity contribution in [1.29, 1.82) is 0 Å². The van der Waals surface area contributed by atoms with Crippen molar-refractivity contribution in [2.24, 2.45) is 0 Å². The number of hydrogen-bond acceptors (Lipinski definition) is 5. The minimum absolute atomic E-state index is 0.0259. The first-order valence-corrected chi connectivity index (χ1v) is 12.5. The van der Waals surface area contributed by atoms with Crippen LogP contribution >= 0.6 is 23.2 Å². The fourth-order valence-electron chi connectivity index (χ4n) is 4.66. The molecule has 0 saturated carbocycles. The summed E-state index contributed by atoms with van der Waals surface area (Å²) in [4.78, 5) is 54.5. The average molecular weight is 558 g/mol. The first kappa shape index (κ1) is 27.3. The van der Waals surface area contributed by atoms with Crippen LogP contribution in [-0.2, 0) is 27.5 Å². The van der Waals surface area contributed by atoms with Crippen LogP contribution < -0.4 is 5.32 Å². The van der Waals surface area contributed by atoms with Crippen LogP contribution in [0.4, 0.5) is 4.79 Å². The van der Waals surface area contributed by atoms with Gasteiger partial charge >= 0.3 is 12.0 Å². The van der Waals surface area contributed by atoms with E-state index < -0.39 is 42.4 Å². The third-order valence-electron chi connectivity index (χ3n) is 6.34. The number of terminal acetylenes is 1. The highest BCUT2D eigenvalue weighted by molar-refractivity contribution is 6.35. The smallest absolute Gasteiger partial charge is 0.334 e. The van der Waals surface area contributed by atoms with E-state index in [-0.39, 0.29) is 32.7 Å². The van der Waals surface area contributed by atoms with E-state index in [0.717, 1.165) is 5.56 Å². The zero-order valence-corrected chi connectivity index (χ0v) is 21.7. The lowest BCUT2D eigenvalue weighted by Gasteiger charge is -2.54. The van der Waals surface area contributed by atoms with Gasteiger partial charge in [-0.05, 0) is 23.3 Å². The zero-order valence-electron chi connectivity index (χ0n) is 20.2. The molecule has 2 aromatic carbocycles. The second kappa shape index (κ2) is 11.7. The largest absolute Gasteiger partial charge is 0.481 e. The van der Waals surface area contributed by atoms with Crippen LogP contribution in [-0.4, -0.2) is 80.6 Å². The molecular formula is C26H25Cl2N5O5. The number of piperazine rings is 1. The Kier molecular flexibility index (Phi) is 8.42. The molecule has 2 fully saturated rings. The molecule has 0 aliphatic carbocycles. The van der Waals surface area contributed by atoms with Crippen molar-refractivity contribution in [3.63, 3.8) is 0 Å². The number of aliphatic carboxylic acids is 1. The summed E-state index contributed by atoms with van der Waals surface area (Å²) < 4.78 is 0. The number of benzene rings is 2. The highest BCUT2D eigenvalue weighted by atomic mass is 35.5. The molecule has 38 heavy (non-hydrogen) atoms. The van der Waals surface area contributed by atoms with Crippen LogP contribution in [0.1, 0.15) is 17.5 Å². The van der Waals surface area contributed by atoms with Gasteiger partial charge in [-0.1, -0.05) is 65.5 Å². The van der Waals surface area contributed by atoms with E-state index in [0.29, 0.717) is 15.6 Å². The van der Waals surface area contributed by atoms with E-state index in [1.54, 1.807) is 12.1 Å². The normalized spacial score (nSPS) is 19.7. The van der Waals surface area contributed by atoms with Crippen LogP contribution in [0.5, 0.6) is 0 Å². The SMILES string of the molecule is C#CCN1CC(=O)N2[C@@H](CC(=O)O)C(=O)N(Cc3ccc(Cl)cc3Cl)C[C@@H]2N1C(=O)NCc1ccccc1. The van der Waals surface area contributed by atoms with Crippen molar-refractivity contribution in [3.8, 4) is 12.3 Å². The van der Waals surface area contributed by atoms with Crippen molar-refractivity contribution < 1.29 is 24.3 Å². The first-order valence-electron chi connectivity index (χ1n) is 11.7. The van der Waals surface area contributed by atoms with Crippen molar-refractivity contribution in [2.45, 2.75) is 31.7 Å². The third kappa shape index (κ3) is 5.86. The van der Waals surface area contributed by atoms with E-state index in [1.165, 1.54) is 25.9 Å². The lowest BCUT2D eigenvalue weighted by atomic mass is 10.0. The maximum absolute atomic E-state index is 13.5. The van der Waals surface area contributed by atoms with Crippen LogP contribution in [0, 0.1) is 12.3 Å². The third-order valence-corrected chi connectivity index (χ3v) is 6.93. The molecule has 12 heteroatoms. The lowest BCUT2D eigenvalue weighted by molar-refractivity contribution is -0.190. The maximum atomic E-state index is 13.5. The van der Waals surface area contributed by atoms with E-state index in [1.807, 2.05) is 30.3 Å². The Morgan fingerprint density at radius 1 is 1.13 bits per heavy atom. The number of hydrazine groups is 1. The highest BCUT2D eigenvalue weighted by Crippen LogP contribution is 2.30. The van der Waals surface area contributed by atoms with Crippen molar-refractivity contribution in [3.05, 3.63) is 69.7 Å². The number of nitrogens with zero attached hydrogens (tertiary/aromatic N) is 4. The molecule has 2 aliphatic heterocycles. The minimum Gasteiger partial charge on any atom is -0.481 e. The molecule has 0 bridgehead atoms. The van der Waals surface area contributed by atoms with Crippen LogP contribution in [0.15, 0.2) is 48.5 Å². The van der Waals surface area contributed by atoms with Crippen LogP contribution in [0.3, 0.4) is 0 Å². The van der Waals surface area contributed by atoms with Gasteiger partial charge in [0.1, 0.15) is 12.2 Å². The summed E-state index contributed by atoms with van der Waals surface area (Å²) in [6.45, 7) is -0.179. The Balaban J connectivity index is 1.68. The molecule has 0 aromatic heterocycles. The number of fused-ring (bicyclic) bond motifs is 1. The number of rotatable bonds is 7. The Morgan fingerprint density at radius 3 is 2.53 bits per heavy atom. The molecule has 198 valence electrons. The summed E-state index contributed by atoms with van der Waals surface area (Å²) in [6.07, 6.45) is 3.91. The molecule has 2 heterocycles. The van der Waals surface area contributed by atoms with E-state index in [2.05, 4.69) is 11.2 Å². The summed E-state index contributed by atoms with van der Waals surface area (Å²) in [6, 6.07) is 12.2. The van der Waals surface area contributed by atoms with Gasteiger partial charge < -0.3 is 20.2 Å². The molecule has 2 atom stereocenters. The van der Waals surface area contributed by atoms with Gasteiger partial charge in [-0.15, -0.1) is 6.42 Å². The number of halogens is 2. The van der Waals surface area contributed by atoms with Gasteiger partial charge in [0.05, 0.1) is 26.1 Å². The van der Waals surface area contributed by atoms with Gasteiger partial charge in [-0.2, -0.15) is 5.01 Å². The molecule has 4 amide bonds. The molecule has 0 spiro atoms. The first-order chi connectivity index (χ1) is 18.2. The summed E-state index contributed by atoms with van der Waals surface area (Å²) in [5.41, 5.74) is 1.44. The topological polar surface area (TPSA) is 114 Å². The van der Waals surface area contributed by atoms with Gasteiger partial charge in [0, 0.05) is 23.1 Å². The number of urea groups is 1. The van der Waals surface area contributed by atoms with Gasteiger partial charge in [-0.25, -0.2) is 9.80 Å². The standard InChI is InChI=1S/C26H25Cl2N5O5/c1-2-10-31-16-23(34)32-21(12-24(35)36)25(37)30(14-18-8-9-19(27)11-20(18)28)15-22(32)33(31)26(38)29-13-17-6-4-3-5-7-17/h1,3-9,11,21-22H,10,12-16H2,(H,29,38)(H,35,36)/t21-,22-/m0/s1. The lowest BCUT2D eigenvalue weighted by Crippen LogP contribution is -2.76. The second-order valence-electron chi connectivity index (χ2n) is 8.87. The fourth-order valence-corrected chi connectivity index (χ4v) is 5.12. The molecule has 2 aromatic rings. The van der Waals surface area contributed by atoms with E-state index in [4.69, 9.17) is 29.6 Å². The number of carboxylic acid groups (broad SMARTS) is 1. The van der Waals surface area contributed by atoms with Crippen molar-refractivity contribution in [2.75, 3.05) is 19.6 Å². The number of hydrogen-bond donors (Lipinski definition) is 2. The summed E-state index contributed by atoms with van der Waals surface area (Å²) in [5.74, 6) is 0.144. The summed E-state index contributed by atoms with van der Waals surface area (Å²) in [7, 11) is 0. The van der Waals surface area contributed by atoms with Crippen molar-refractivity contribution >= 4 is 47.0 Å². The molecule has 10 nitrogen and oxygen atoms in total. The van der Waals surface area contributed by atoms with Gasteiger partial charge in [-0.3, -0.25) is 14.4 Å². The van der Waals surface area contributed by atoms with Gasteiger partial charge in [0.15, 0.2) is 0 Å². The maximum Gasteiger partial charge on any atom is 0.334 e. The molecule has 0 radical (unpaired) electrons. The predicted molar refractivity (Wildman–Crippen MR) is 139 cm³/mol. The van der Waals surface area contributed by atoms with E-state index >= 15 is 0 Å². The van der Waals surface area contributed by atoms with Crippen LogP contribution in [0.2, 0.25) is 10.0 Å². The Hall–Kier alpha value is -3.78. The Morgan fingerprint density at radius 2 is 1.87 bits per heavy atom. The average Bonchev–Trinajstić information content (AvgIpc) is 2.87. The van der Waals surface area contributed by atoms with Gasteiger partial charge in [0.25, 0.3) is 0 Å². The highest BCUT2D eigenvalue weighted by Gasteiger charge is 2.51. The number of nitrogens with one attached hydrogen (secondary N) is 1. The van der Waals surface area contributed by atoms with Crippen molar-refractivity contribution in [1.82, 2.24) is 25.1 Å². The molecule has 2 saturated heterocycles. The zero-order chi connectivity index (χ0) is 27.4. The number of carbonyl (C=O) groups excluding carboxylic acids is 3. The Bertz CT molecular complexity index is 1280. The number of carboxylic acids is 1. The van der Waals surface area contributed by atoms with Gasteiger partial charge in [0.2, 0.25) is 11.8 Å². The number of amides is 4. The van der Waals surface area contributed by atoms with Crippen LogP contribution in [0.25, 0.3) is 0 Å². The molecule has 2 aliphatic rings. The minimum atomic E-state index is -1.32. The molecular weight excluding hydrogens is 533 g/mol. The van der Waals surface area contributed by atoms with E-state index in [9.17, 15) is 24.3 Å².